The molecule has 3 aliphatic carbocycles. The molecule has 2 heterocycles. The van der Waals surface area contributed by atoms with Crippen LogP contribution in [0.2, 0.25) is 0 Å². The molecule has 2 aliphatic heterocycles. The summed E-state index contributed by atoms with van der Waals surface area (Å²) in [6, 6.07) is 1.98. The summed E-state index contributed by atoms with van der Waals surface area (Å²) >= 11 is 2.16. The molecular formula is C19H30N2OS. The number of carbonyl (C=O) groups excluding carboxylic acids is 1. The fourth-order valence-corrected chi connectivity index (χ4v) is 7.15. The maximum atomic E-state index is 12.2. The maximum absolute atomic E-state index is 12.2. The largest absolute Gasteiger partial charge is 0.353 e. The Bertz CT molecular complexity index is 482. The van der Waals surface area contributed by atoms with Crippen molar-refractivity contribution in [1.29, 1.82) is 0 Å². The molecule has 23 heavy (non-hydrogen) atoms. The van der Waals surface area contributed by atoms with Gasteiger partial charge in [-0.1, -0.05) is 0 Å². The molecular weight excluding hydrogens is 304 g/mol. The number of hydrogen-bond acceptors (Lipinski definition) is 3. The van der Waals surface area contributed by atoms with Gasteiger partial charge >= 0.3 is 0 Å². The van der Waals surface area contributed by atoms with E-state index in [2.05, 4.69) is 22.4 Å². The number of carbonyl (C=O) groups is 1. The van der Waals surface area contributed by atoms with Gasteiger partial charge in [0, 0.05) is 24.0 Å². The van der Waals surface area contributed by atoms with Crippen molar-refractivity contribution in [3.8, 4) is 0 Å². The van der Waals surface area contributed by atoms with Crippen molar-refractivity contribution in [3.05, 3.63) is 0 Å². The van der Waals surface area contributed by atoms with Gasteiger partial charge in [-0.05, 0) is 86.5 Å². The standard InChI is InChI=1S/C19H30N2OS/c22-18(13-3-4-13)20-14-5-6-16-15(11-14)19(7-9-23-10-8-19)17(21-16)12-1-2-12/h12-17,21H,1-11H2,(H,20,22). The second-order valence-electron chi connectivity index (χ2n) is 8.83. The van der Waals surface area contributed by atoms with E-state index >= 15 is 0 Å². The van der Waals surface area contributed by atoms with Gasteiger partial charge in [-0.3, -0.25) is 4.79 Å². The Balaban J connectivity index is 1.34. The molecule has 2 N–H and O–H groups in total. The molecule has 5 aliphatic rings. The van der Waals surface area contributed by atoms with Crippen LogP contribution in [0.5, 0.6) is 0 Å². The Hall–Kier alpha value is -0.220. The van der Waals surface area contributed by atoms with Gasteiger partial charge in [-0.15, -0.1) is 0 Å². The highest BCUT2D eigenvalue weighted by Gasteiger charge is 2.59. The minimum absolute atomic E-state index is 0.353. The summed E-state index contributed by atoms with van der Waals surface area (Å²) in [5, 5.41) is 7.51. The van der Waals surface area contributed by atoms with E-state index in [0.717, 1.165) is 36.8 Å². The van der Waals surface area contributed by atoms with E-state index in [1.54, 1.807) is 0 Å². The van der Waals surface area contributed by atoms with Gasteiger partial charge in [-0.25, -0.2) is 0 Å². The lowest BCUT2D eigenvalue weighted by Gasteiger charge is -2.46. The quantitative estimate of drug-likeness (QED) is 0.834. The summed E-state index contributed by atoms with van der Waals surface area (Å²) in [5.74, 6) is 5.19. The molecule has 4 atom stereocenters. The van der Waals surface area contributed by atoms with Crippen molar-refractivity contribution in [2.75, 3.05) is 11.5 Å². The first kappa shape index (κ1) is 15.1. The topological polar surface area (TPSA) is 41.1 Å². The highest BCUT2D eigenvalue weighted by molar-refractivity contribution is 7.99. The zero-order valence-electron chi connectivity index (χ0n) is 14.1. The SMILES string of the molecule is O=C(NC1CCC2NC(C3CC3)C3(CCSCC3)C2C1)C1CC1. The predicted octanol–water partition coefficient (Wildman–Crippen LogP) is 2.95. The fraction of sp³-hybridized carbons (Fsp3) is 0.947. The normalized spacial score (nSPS) is 42.4. The molecule has 5 fully saturated rings. The van der Waals surface area contributed by atoms with Gasteiger partial charge in [0.2, 0.25) is 5.91 Å². The van der Waals surface area contributed by atoms with Gasteiger partial charge in [0.05, 0.1) is 0 Å². The van der Waals surface area contributed by atoms with Crippen LogP contribution in [-0.2, 0) is 4.79 Å². The lowest BCUT2D eigenvalue weighted by Crippen LogP contribution is -2.48. The first-order valence-corrected chi connectivity index (χ1v) is 11.1. The molecule has 0 aromatic carbocycles. The molecule has 3 saturated carbocycles. The number of amides is 1. The van der Waals surface area contributed by atoms with Gasteiger partial charge in [0.1, 0.15) is 0 Å². The smallest absolute Gasteiger partial charge is 0.223 e. The van der Waals surface area contributed by atoms with Gasteiger partial charge in [0.25, 0.3) is 0 Å². The van der Waals surface area contributed by atoms with Crippen molar-refractivity contribution < 1.29 is 4.79 Å². The van der Waals surface area contributed by atoms with Crippen LogP contribution >= 0.6 is 11.8 Å². The molecule has 3 nitrogen and oxygen atoms in total. The van der Waals surface area contributed by atoms with Crippen molar-refractivity contribution >= 4 is 17.7 Å². The van der Waals surface area contributed by atoms with E-state index < -0.39 is 0 Å². The lowest BCUT2D eigenvalue weighted by atomic mass is 9.62. The minimum atomic E-state index is 0.353. The molecule has 0 aromatic heterocycles. The van der Waals surface area contributed by atoms with Crippen LogP contribution in [0.4, 0.5) is 0 Å². The van der Waals surface area contributed by atoms with Crippen molar-refractivity contribution in [2.24, 2.45) is 23.2 Å². The molecule has 1 spiro atoms. The van der Waals surface area contributed by atoms with Crippen molar-refractivity contribution in [1.82, 2.24) is 10.6 Å². The first-order chi connectivity index (χ1) is 11.3. The average Bonchev–Trinajstić information content (AvgIpc) is 3.47. The van der Waals surface area contributed by atoms with Crippen LogP contribution in [0.1, 0.15) is 57.8 Å². The number of fused-ring (bicyclic) bond motifs is 2. The molecule has 1 amide bonds. The molecule has 4 heteroatoms. The maximum Gasteiger partial charge on any atom is 0.223 e. The van der Waals surface area contributed by atoms with E-state index in [4.69, 9.17) is 0 Å². The molecule has 4 unspecified atom stereocenters. The van der Waals surface area contributed by atoms with E-state index in [-0.39, 0.29) is 0 Å². The third-order valence-corrected chi connectivity index (χ3v) is 8.40. The first-order valence-electron chi connectivity index (χ1n) is 9.90. The Morgan fingerprint density at radius 2 is 1.83 bits per heavy atom. The van der Waals surface area contributed by atoms with Crippen molar-refractivity contribution in [3.63, 3.8) is 0 Å². The number of rotatable bonds is 3. The lowest BCUT2D eigenvalue weighted by molar-refractivity contribution is -0.123. The molecule has 128 valence electrons. The molecule has 2 saturated heterocycles. The van der Waals surface area contributed by atoms with Gasteiger partial charge in [0.15, 0.2) is 0 Å². The fourth-order valence-electron chi connectivity index (χ4n) is 5.90. The van der Waals surface area contributed by atoms with Crippen LogP contribution in [0, 0.1) is 23.2 Å². The third-order valence-electron chi connectivity index (χ3n) is 7.41. The summed E-state index contributed by atoms with van der Waals surface area (Å²) in [5.41, 5.74) is 0.556. The van der Waals surface area contributed by atoms with Crippen LogP contribution in [0.25, 0.3) is 0 Å². The Kier molecular flexibility index (Phi) is 3.70. The van der Waals surface area contributed by atoms with E-state index in [1.165, 1.54) is 56.5 Å². The second kappa shape index (κ2) is 5.66. The third kappa shape index (κ3) is 2.64. The molecule has 0 bridgehead atoms. The van der Waals surface area contributed by atoms with E-state index in [1.807, 2.05) is 0 Å². The Morgan fingerprint density at radius 1 is 1.04 bits per heavy atom. The van der Waals surface area contributed by atoms with Crippen LogP contribution in [-0.4, -0.2) is 35.5 Å². The number of nitrogens with one attached hydrogen (secondary N) is 2. The predicted molar refractivity (Wildman–Crippen MR) is 94.4 cm³/mol. The summed E-state index contributed by atoms with van der Waals surface area (Å²) in [7, 11) is 0. The van der Waals surface area contributed by atoms with Crippen molar-refractivity contribution in [2.45, 2.75) is 75.9 Å². The molecule has 0 aromatic rings. The Morgan fingerprint density at radius 3 is 2.52 bits per heavy atom. The Labute approximate surface area is 144 Å². The molecule has 0 radical (unpaired) electrons. The highest BCUT2D eigenvalue weighted by Crippen LogP contribution is 2.58. The summed E-state index contributed by atoms with van der Waals surface area (Å²) in [4.78, 5) is 12.2. The zero-order valence-corrected chi connectivity index (χ0v) is 14.9. The van der Waals surface area contributed by atoms with Crippen LogP contribution in [0.3, 0.4) is 0 Å². The number of hydrogen-bond donors (Lipinski definition) is 2. The van der Waals surface area contributed by atoms with Crippen LogP contribution in [0.15, 0.2) is 0 Å². The van der Waals surface area contributed by atoms with E-state index in [0.29, 0.717) is 23.3 Å². The zero-order chi connectivity index (χ0) is 15.4. The number of thioether (sulfide) groups is 1. The monoisotopic (exact) mass is 334 g/mol. The van der Waals surface area contributed by atoms with Gasteiger partial charge in [-0.2, -0.15) is 11.8 Å². The summed E-state index contributed by atoms with van der Waals surface area (Å²) in [6.45, 7) is 0. The average molecular weight is 335 g/mol. The van der Waals surface area contributed by atoms with Gasteiger partial charge < -0.3 is 10.6 Å². The molecule has 5 rings (SSSR count). The highest BCUT2D eigenvalue weighted by atomic mass is 32.2. The summed E-state index contributed by atoms with van der Waals surface area (Å²) < 4.78 is 0. The summed E-state index contributed by atoms with van der Waals surface area (Å²) in [6.07, 6.45) is 11.7. The van der Waals surface area contributed by atoms with Crippen LogP contribution < -0.4 is 10.6 Å². The van der Waals surface area contributed by atoms with E-state index in [9.17, 15) is 4.79 Å². The minimum Gasteiger partial charge on any atom is -0.353 e. The second-order valence-corrected chi connectivity index (χ2v) is 10.1.